The van der Waals surface area contributed by atoms with E-state index in [0.29, 0.717) is 24.2 Å². The third-order valence-electron chi connectivity index (χ3n) is 14.9. The molecule has 4 fully saturated rings. The Labute approximate surface area is 269 Å². The minimum Gasteiger partial charge on any atom is -0.508 e. The molecule has 3 N–H and O–H groups in total. The molecule has 4 unspecified atom stereocenters. The molecule has 0 bridgehead atoms. The number of phenols is 1. The molecule has 45 heavy (non-hydrogen) atoms. The summed E-state index contributed by atoms with van der Waals surface area (Å²) < 4.78 is 6.05. The highest BCUT2D eigenvalue weighted by molar-refractivity contribution is 5.87. The van der Waals surface area contributed by atoms with Crippen LogP contribution in [0.4, 0.5) is 0 Å². The number of fused-ring (bicyclic) bond motifs is 7. The first kappa shape index (κ1) is 32.3. The van der Waals surface area contributed by atoms with Gasteiger partial charge >= 0.3 is 11.9 Å². The summed E-state index contributed by atoms with van der Waals surface area (Å²) in [6.45, 7) is 16.2. The summed E-state index contributed by atoms with van der Waals surface area (Å²) in [6, 6.07) is 6.62. The molecule has 0 aromatic heterocycles. The van der Waals surface area contributed by atoms with Crippen LogP contribution in [-0.4, -0.2) is 39.5 Å². The minimum atomic E-state index is -0.780. The zero-order chi connectivity index (χ0) is 32.7. The van der Waals surface area contributed by atoms with Gasteiger partial charge in [-0.25, -0.2) is 4.79 Å². The Morgan fingerprint density at radius 2 is 1.62 bits per heavy atom. The molecule has 5 aliphatic rings. The number of aliphatic hydroxyl groups is 1. The SMILES string of the molecule is C[C@@H]1CCC2(C(=O)O)CC[C@]3(C)C(=CCC4[C@@]5(C)C[C@H](O)[C@@H](OC(=O)/C=C/c6ccc(O)cc6)C(C)(C)C5CC[C@]43C)C2[C@H]1C. The summed E-state index contributed by atoms with van der Waals surface area (Å²) in [4.78, 5) is 26.0. The van der Waals surface area contributed by atoms with E-state index < -0.39 is 35.0 Å². The Balaban J connectivity index is 1.29. The van der Waals surface area contributed by atoms with E-state index in [0.717, 1.165) is 50.5 Å². The van der Waals surface area contributed by atoms with Crippen LogP contribution in [-0.2, 0) is 14.3 Å². The lowest BCUT2D eigenvalue weighted by molar-refractivity contribution is -0.238. The number of carboxylic acids is 1. The predicted molar refractivity (Wildman–Crippen MR) is 175 cm³/mol. The molecule has 1 aromatic rings. The third kappa shape index (κ3) is 4.58. The van der Waals surface area contributed by atoms with E-state index in [4.69, 9.17) is 4.74 Å². The molecule has 246 valence electrons. The maximum absolute atomic E-state index is 13.0. The Hall–Kier alpha value is -2.60. The van der Waals surface area contributed by atoms with Crippen molar-refractivity contribution in [2.45, 2.75) is 112 Å². The summed E-state index contributed by atoms with van der Waals surface area (Å²) in [5.41, 5.74) is 0.857. The summed E-state index contributed by atoms with van der Waals surface area (Å²) in [5.74, 6) is 0.617. The largest absolute Gasteiger partial charge is 0.508 e. The topological polar surface area (TPSA) is 104 Å². The van der Waals surface area contributed by atoms with Gasteiger partial charge < -0.3 is 20.1 Å². The van der Waals surface area contributed by atoms with Gasteiger partial charge in [0.05, 0.1) is 11.5 Å². The van der Waals surface area contributed by atoms with E-state index in [9.17, 15) is 24.9 Å². The molecule has 6 rings (SSSR count). The molecule has 5 aliphatic carbocycles. The summed E-state index contributed by atoms with van der Waals surface area (Å²) in [5, 5.41) is 32.0. The zero-order valence-electron chi connectivity index (χ0n) is 28.3. The fraction of sp³-hybridized carbons (Fsp3) is 0.692. The molecular weight excluding hydrogens is 564 g/mol. The van der Waals surface area contributed by atoms with Crippen LogP contribution in [0.15, 0.2) is 42.0 Å². The Morgan fingerprint density at radius 1 is 0.933 bits per heavy atom. The van der Waals surface area contributed by atoms with Crippen LogP contribution in [0.1, 0.15) is 105 Å². The van der Waals surface area contributed by atoms with Crippen LogP contribution in [0.25, 0.3) is 6.08 Å². The van der Waals surface area contributed by atoms with Crippen molar-refractivity contribution in [1.29, 1.82) is 0 Å². The lowest BCUT2D eigenvalue weighted by Gasteiger charge is -2.71. The number of esters is 1. The number of benzene rings is 1. The lowest BCUT2D eigenvalue weighted by atomic mass is 9.33. The number of hydrogen-bond acceptors (Lipinski definition) is 5. The van der Waals surface area contributed by atoms with Gasteiger partial charge in [-0.1, -0.05) is 72.2 Å². The Morgan fingerprint density at radius 3 is 2.29 bits per heavy atom. The molecule has 0 amide bonds. The number of rotatable bonds is 4. The van der Waals surface area contributed by atoms with Gasteiger partial charge in [0.15, 0.2) is 0 Å². The van der Waals surface area contributed by atoms with Crippen molar-refractivity contribution in [3.8, 4) is 5.75 Å². The van der Waals surface area contributed by atoms with Crippen LogP contribution in [0.2, 0.25) is 0 Å². The normalized spacial score (nSPS) is 45.3. The van der Waals surface area contributed by atoms with Crippen LogP contribution in [0.3, 0.4) is 0 Å². The number of carbonyl (C=O) groups is 2. The Bertz CT molecular complexity index is 1410. The van der Waals surface area contributed by atoms with E-state index in [-0.39, 0.29) is 33.8 Å². The molecule has 11 atom stereocenters. The molecule has 0 aliphatic heterocycles. The van der Waals surface area contributed by atoms with Crippen molar-refractivity contribution >= 4 is 18.0 Å². The van der Waals surface area contributed by atoms with Gasteiger partial charge in [-0.2, -0.15) is 0 Å². The number of hydrogen-bond donors (Lipinski definition) is 3. The van der Waals surface area contributed by atoms with Crippen LogP contribution < -0.4 is 0 Å². The predicted octanol–water partition coefficient (Wildman–Crippen LogP) is 8.03. The van der Waals surface area contributed by atoms with E-state index in [2.05, 4.69) is 54.5 Å². The fourth-order valence-corrected chi connectivity index (χ4v) is 12.1. The standard InChI is InChI=1S/C39H54O6/c1-23-16-19-39(34(43)44)21-20-37(6)27(32(39)24(23)2)13-14-30-36(5)22-28(41)33(35(3,4)29(36)17-18-38(30,37)7)45-31(42)15-10-25-8-11-26(40)12-9-25/h8-13,15,23-24,28-30,32-33,40-41H,14,16-22H2,1-7H3,(H,43,44)/b15-10+/t23-,24+,28+,29?,30?,32?,33-,36+,37-,38-,39?/m1/s1. The average molecular weight is 619 g/mol. The van der Waals surface area contributed by atoms with Crippen LogP contribution in [0.5, 0.6) is 5.75 Å². The van der Waals surface area contributed by atoms with Gasteiger partial charge in [0.25, 0.3) is 0 Å². The highest BCUT2D eigenvalue weighted by atomic mass is 16.6. The van der Waals surface area contributed by atoms with Crippen molar-refractivity contribution < 1.29 is 29.6 Å². The molecule has 6 heteroatoms. The monoisotopic (exact) mass is 618 g/mol. The lowest BCUT2D eigenvalue weighted by Crippen LogP contribution is -2.67. The van der Waals surface area contributed by atoms with Crippen molar-refractivity contribution in [1.82, 2.24) is 0 Å². The number of allylic oxidation sites excluding steroid dienone is 2. The van der Waals surface area contributed by atoms with E-state index in [1.54, 1.807) is 30.3 Å². The van der Waals surface area contributed by atoms with E-state index in [1.165, 1.54) is 11.6 Å². The van der Waals surface area contributed by atoms with Gasteiger partial charge in [0.2, 0.25) is 0 Å². The van der Waals surface area contributed by atoms with Crippen molar-refractivity contribution in [3.05, 3.63) is 47.6 Å². The van der Waals surface area contributed by atoms with E-state index in [1.807, 2.05) is 0 Å². The number of ether oxygens (including phenoxy) is 1. The first-order valence-corrected chi connectivity index (χ1v) is 17.3. The number of aliphatic hydroxyl groups excluding tert-OH is 1. The first-order valence-electron chi connectivity index (χ1n) is 17.3. The quantitative estimate of drug-likeness (QED) is 0.179. The molecule has 0 radical (unpaired) electrons. The van der Waals surface area contributed by atoms with Crippen molar-refractivity contribution in [2.24, 2.45) is 56.7 Å². The summed E-state index contributed by atoms with van der Waals surface area (Å²) >= 11 is 0. The number of aromatic hydroxyl groups is 1. The number of phenolic OH excluding ortho intramolecular Hbond substituents is 1. The smallest absolute Gasteiger partial charge is 0.331 e. The van der Waals surface area contributed by atoms with Gasteiger partial charge in [0, 0.05) is 11.5 Å². The molecule has 4 saturated carbocycles. The maximum atomic E-state index is 13.0. The first-order chi connectivity index (χ1) is 21.0. The van der Waals surface area contributed by atoms with Gasteiger partial charge in [-0.05, 0) is 121 Å². The van der Waals surface area contributed by atoms with Crippen molar-refractivity contribution in [2.75, 3.05) is 0 Å². The molecule has 0 saturated heterocycles. The number of carbonyl (C=O) groups excluding carboxylic acids is 1. The second kappa shape index (κ2) is 10.7. The second-order valence-electron chi connectivity index (χ2n) is 17.0. The number of aliphatic carboxylic acids is 1. The third-order valence-corrected chi connectivity index (χ3v) is 14.9. The number of carboxylic acid groups (broad SMARTS) is 1. The van der Waals surface area contributed by atoms with Crippen LogP contribution >= 0.6 is 0 Å². The molecule has 1 aromatic carbocycles. The van der Waals surface area contributed by atoms with Gasteiger partial charge in [-0.15, -0.1) is 0 Å². The molecular formula is C39H54O6. The van der Waals surface area contributed by atoms with Crippen LogP contribution in [0, 0.1) is 56.7 Å². The fourth-order valence-electron chi connectivity index (χ4n) is 12.1. The molecule has 6 nitrogen and oxygen atoms in total. The van der Waals surface area contributed by atoms with Crippen molar-refractivity contribution in [3.63, 3.8) is 0 Å². The van der Waals surface area contributed by atoms with Gasteiger partial charge in [-0.3, -0.25) is 4.79 Å². The Kier molecular flexibility index (Phi) is 7.70. The highest BCUT2D eigenvalue weighted by Gasteiger charge is 2.70. The molecule has 0 heterocycles. The second-order valence-corrected chi connectivity index (χ2v) is 17.0. The average Bonchev–Trinajstić information content (AvgIpc) is 2.97. The maximum Gasteiger partial charge on any atom is 0.331 e. The van der Waals surface area contributed by atoms with E-state index >= 15 is 0 Å². The van der Waals surface area contributed by atoms with Gasteiger partial charge in [0.1, 0.15) is 11.9 Å². The highest BCUT2D eigenvalue weighted by Crippen LogP contribution is 2.75. The minimum absolute atomic E-state index is 0.0143. The summed E-state index contributed by atoms with van der Waals surface area (Å²) in [7, 11) is 0. The summed E-state index contributed by atoms with van der Waals surface area (Å²) in [6.07, 6.45) is 11.1. The molecule has 0 spiro atoms. The zero-order valence-corrected chi connectivity index (χ0v) is 28.3.